The number of oxime groups is 1. The average Bonchev–Trinajstić information content (AvgIpc) is 3.00. The first-order chi connectivity index (χ1) is 11.3. The summed E-state index contributed by atoms with van der Waals surface area (Å²) in [6, 6.07) is 7.59. The molecule has 0 amide bonds. The molecular formula is C16H17N5O2. The summed E-state index contributed by atoms with van der Waals surface area (Å²) in [6.07, 6.45) is 4.75. The van der Waals surface area contributed by atoms with Gasteiger partial charge in [0.25, 0.3) is 0 Å². The zero-order valence-corrected chi connectivity index (χ0v) is 12.9. The van der Waals surface area contributed by atoms with Crippen LogP contribution in [0.25, 0.3) is 11.0 Å². The van der Waals surface area contributed by atoms with E-state index in [1.54, 1.807) is 19.5 Å². The molecule has 2 N–H and O–H groups in total. The molecule has 0 radical (unpaired) electrons. The highest BCUT2D eigenvalue weighted by molar-refractivity contribution is 6.01. The van der Waals surface area contributed by atoms with Crippen molar-refractivity contribution >= 4 is 28.6 Å². The fourth-order valence-corrected chi connectivity index (χ4v) is 2.42. The molecular weight excluding hydrogens is 294 g/mol. The minimum absolute atomic E-state index is 0.665. The third kappa shape index (κ3) is 2.80. The molecule has 3 aromatic rings. The summed E-state index contributed by atoms with van der Waals surface area (Å²) in [5.41, 5.74) is 3.07. The van der Waals surface area contributed by atoms with Crippen LogP contribution in [0.15, 0.2) is 41.8 Å². The number of aromatic nitrogens is 3. The van der Waals surface area contributed by atoms with E-state index in [4.69, 9.17) is 9.94 Å². The van der Waals surface area contributed by atoms with Crippen molar-refractivity contribution in [1.82, 2.24) is 14.8 Å². The number of hydrogen-bond donors (Lipinski definition) is 2. The Morgan fingerprint density at radius 1 is 1.39 bits per heavy atom. The molecule has 7 heteroatoms. The van der Waals surface area contributed by atoms with Gasteiger partial charge in [-0.05, 0) is 19.1 Å². The van der Waals surface area contributed by atoms with Gasteiger partial charge in [0, 0.05) is 30.1 Å². The lowest BCUT2D eigenvalue weighted by Crippen LogP contribution is -2.01. The topological polar surface area (TPSA) is 84.6 Å². The van der Waals surface area contributed by atoms with E-state index >= 15 is 0 Å². The Kier molecular flexibility index (Phi) is 4.09. The highest BCUT2D eigenvalue weighted by atomic mass is 16.5. The largest absolute Gasteiger partial charge is 0.497 e. The predicted molar refractivity (Wildman–Crippen MR) is 88.9 cm³/mol. The van der Waals surface area contributed by atoms with Crippen LogP contribution >= 0.6 is 0 Å². The highest BCUT2D eigenvalue weighted by Crippen LogP contribution is 2.29. The molecule has 118 valence electrons. The van der Waals surface area contributed by atoms with Crippen LogP contribution in [0, 0.1) is 0 Å². The van der Waals surface area contributed by atoms with Crippen molar-refractivity contribution in [2.75, 3.05) is 12.4 Å². The number of fused-ring (bicyclic) bond motifs is 1. The van der Waals surface area contributed by atoms with Gasteiger partial charge in [-0.25, -0.2) is 9.67 Å². The molecule has 0 atom stereocenters. The predicted octanol–water partition coefficient (Wildman–Crippen LogP) is 3.01. The van der Waals surface area contributed by atoms with Crippen molar-refractivity contribution < 1.29 is 9.94 Å². The van der Waals surface area contributed by atoms with Crippen LogP contribution in [0.4, 0.5) is 11.4 Å². The van der Waals surface area contributed by atoms with Crippen LogP contribution in [0.1, 0.15) is 12.5 Å². The van der Waals surface area contributed by atoms with Gasteiger partial charge in [0.1, 0.15) is 5.75 Å². The second kappa shape index (κ2) is 6.35. The Morgan fingerprint density at radius 2 is 2.26 bits per heavy atom. The summed E-state index contributed by atoms with van der Waals surface area (Å²) >= 11 is 0. The van der Waals surface area contributed by atoms with E-state index < -0.39 is 0 Å². The number of nitrogens with zero attached hydrogens (tertiary/aromatic N) is 4. The van der Waals surface area contributed by atoms with Crippen molar-refractivity contribution in [3.63, 3.8) is 0 Å². The van der Waals surface area contributed by atoms with E-state index in [9.17, 15) is 0 Å². The molecule has 3 rings (SSSR count). The molecule has 0 bridgehead atoms. The van der Waals surface area contributed by atoms with E-state index in [1.807, 2.05) is 35.9 Å². The van der Waals surface area contributed by atoms with Gasteiger partial charge < -0.3 is 15.3 Å². The van der Waals surface area contributed by atoms with Crippen LogP contribution < -0.4 is 10.1 Å². The molecule has 2 aromatic heterocycles. The molecule has 2 heterocycles. The molecule has 1 aromatic carbocycles. The minimum atomic E-state index is 0.665. The fourth-order valence-electron chi connectivity index (χ4n) is 2.42. The highest BCUT2D eigenvalue weighted by Gasteiger charge is 2.12. The van der Waals surface area contributed by atoms with Gasteiger partial charge in [-0.1, -0.05) is 11.2 Å². The molecule has 0 aliphatic carbocycles. The summed E-state index contributed by atoms with van der Waals surface area (Å²) in [6.45, 7) is 2.73. The maximum Gasteiger partial charge on any atom is 0.159 e. The Hall–Kier alpha value is -3.09. The van der Waals surface area contributed by atoms with Gasteiger partial charge in [0.05, 0.1) is 30.6 Å². The number of methoxy groups -OCH3 is 1. The van der Waals surface area contributed by atoms with Crippen LogP contribution in [-0.4, -0.2) is 33.3 Å². The van der Waals surface area contributed by atoms with Crippen molar-refractivity contribution in [2.24, 2.45) is 5.16 Å². The first-order valence-corrected chi connectivity index (χ1v) is 7.19. The number of benzene rings is 1. The molecule has 0 saturated heterocycles. The Bertz CT molecular complexity index is 857. The van der Waals surface area contributed by atoms with Crippen molar-refractivity contribution in [1.29, 1.82) is 0 Å². The number of anilines is 2. The first-order valence-electron chi connectivity index (χ1n) is 7.19. The second-order valence-corrected chi connectivity index (χ2v) is 4.89. The number of pyridine rings is 1. The average molecular weight is 311 g/mol. The summed E-state index contributed by atoms with van der Waals surface area (Å²) in [4.78, 5) is 4.40. The van der Waals surface area contributed by atoms with E-state index in [0.29, 0.717) is 5.56 Å². The summed E-state index contributed by atoms with van der Waals surface area (Å²) in [5, 5.41) is 20.5. The zero-order chi connectivity index (χ0) is 16.2. The summed E-state index contributed by atoms with van der Waals surface area (Å²) in [7, 11) is 1.62. The molecule has 0 aliphatic rings. The summed E-state index contributed by atoms with van der Waals surface area (Å²) in [5.74, 6) is 0.752. The normalized spacial score (nSPS) is 11.2. The molecule has 0 fully saturated rings. The molecule has 0 aliphatic heterocycles. The van der Waals surface area contributed by atoms with Gasteiger partial charge >= 0.3 is 0 Å². The summed E-state index contributed by atoms with van der Waals surface area (Å²) < 4.78 is 7.06. The van der Waals surface area contributed by atoms with Crippen LogP contribution in [-0.2, 0) is 6.54 Å². The van der Waals surface area contributed by atoms with E-state index in [1.165, 1.54) is 6.21 Å². The fraction of sp³-hybridized carbons (Fsp3) is 0.188. The third-order valence-electron chi connectivity index (χ3n) is 3.53. The van der Waals surface area contributed by atoms with E-state index in [-0.39, 0.29) is 0 Å². The van der Waals surface area contributed by atoms with Crippen molar-refractivity contribution in [3.8, 4) is 5.75 Å². The van der Waals surface area contributed by atoms with Gasteiger partial charge in [-0.15, -0.1) is 0 Å². The number of nitrogens with one attached hydrogen (secondary N) is 1. The van der Waals surface area contributed by atoms with Gasteiger partial charge in [0.15, 0.2) is 5.65 Å². The lowest BCUT2D eigenvalue weighted by atomic mass is 10.2. The number of rotatable bonds is 5. The quantitative estimate of drug-likeness (QED) is 0.430. The molecule has 7 nitrogen and oxygen atoms in total. The Balaban J connectivity index is 2.12. The first kappa shape index (κ1) is 14.8. The van der Waals surface area contributed by atoms with E-state index in [2.05, 4.69) is 20.6 Å². The van der Waals surface area contributed by atoms with Gasteiger partial charge in [-0.3, -0.25) is 0 Å². The SMILES string of the molecule is CCn1ncc2c(Nc3cccc(OC)c3)c(/C=N\O)cnc21. The maximum atomic E-state index is 8.89. The van der Waals surface area contributed by atoms with Crippen molar-refractivity contribution in [3.05, 3.63) is 42.2 Å². The third-order valence-corrected chi connectivity index (χ3v) is 3.53. The lowest BCUT2D eigenvalue weighted by Gasteiger charge is -2.11. The maximum absolute atomic E-state index is 8.89. The van der Waals surface area contributed by atoms with Crippen LogP contribution in [0.5, 0.6) is 5.75 Å². The van der Waals surface area contributed by atoms with Crippen LogP contribution in [0.3, 0.4) is 0 Å². The monoisotopic (exact) mass is 311 g/mol. The molecule has 0 saturated carbocycles. The Morgan fingerprint density at radius 3 is 3.00 bits per heavy atom. The second-order valence-electron chi connectivity index (χ2n) is 4.89. The number of hydrogen-bond acceptors (Lipinski definition) is 6. The lowest BCUT2D eigenvalue weighted by molar-refractivity contribution is 0.322. The van der Waals surface area contributed by atoms with Gasteiger partial charge in [-0.2, -0.15) is 5.10 Å². The van der Waals surface area contributed by atoms with Gasteiger partial charge in [0.2, 0.25) is 0 Å². The zero-order valence-electron chi connectivity index (χ0n) is 12.9. The molecule has 0 spiro atoms. The van der Waals surface area contributed by atoms with Crippen molar-refractivity contribution in [2.45, 2.75) is 13.5 Å². The smallest absolute Gasteiger partial charge is 0.159 e. The standard InChI is InChI=1S/C16H17N5O2/c1-3-21-16-14(10-18-21)15(11(8-17-16)9-19-22)20-12-5-4-6-13(7-12)23-2/h4-10,22H,3H2,1-2H3,(H,17,20)/b19-9-. The molecule has 23 heavy (non-hydrogen) atoms. The van der Waals surface area contributed by atoms with Crippen LogP contribution in [0.2, 0.25) is 0 Å². The number of ether oxygens (including phenoxy) is 1. The molecule has 0 unspecified atom stereocenters. The number of aryl methyl sites for hydroxylation is 1. The Labute approximate surface area is 133 Å². The van der Waals surface area contributed by atoms with E-state index in [0.717, 1.165) is 34.7 Å². The minimum Gasteiger partial charge on any atom is -0.497 e.